The number of hydrogen-bond donors (Lipinski definition) is 2. The maximum absolute atomic E-state index is 13.4. The summed E-state index contributed by atoms with van der Waals surface area (Å²) in [6.07, 6.45) is 8.10. The first-order valence-electron chi connectivity index (χ1n) is 13.6. The SMILES string of the molecule is CC/C(C)=C(/C=C(\C=C(/C)C(=O)NC)C(=O)NCCC1CN(C(C)=O)CCC1CC)Cc1ccccc1. The molecule has 1 heterocycles. The highest BCUT2D eigenvalue weighted by atomic mass is 16.2. The van der Waals surface area contributed by atoms with Gasteiger partial charge in [0, 0.05) is 44.8 Å². The summed E-state index contributed by atoms with van der Waals surface area (Å²) in [6, 6.07) is 10.2. The second kappa shape index (κ2) is 15.2. The molecule has 1 aliphatic rings. The van der Waals surface area contributed by atoms with Crippen LogP contribution in [-0.2, 0) is 20.8 Å². The fourth-order valence-corrected chi connectivity index (χ4v) is 4.93. The molecule has 0 saturated carbocycles. The minimum Gasteiger partial charge on any atom is -0.355 e. The number of carbonyl (C=O) groups is 3. The maximum Gasteiger partial charge on any atom is 0.251 e. The Morgan fingerprint density at radius 2 is 1.70 bits per heavy atom. The van der Waals surface area contributed by atoms with Gasteiger partial charge in [0.2, 0.25) is 11.8 Å². The van der Waals surface area contributed by atoms with Gasteiger partial charge in [0.1, 0.15) is 0 Å². The molecule has 6 nitrogen and oxygen atoms in total. The van der Waals surface area contributed by atoms with Crippen molar-refractivity contribution in [3.63, 3.8) is 0 Å². The van der Waals surface area contributed by atoms with E-state index in [1.165, 1.54) is 11.1 Å². The second-order valence-electron chi connectivity index (χ2n) is 10.1. The van der Waals surface area contributed by atoms with Crippen LogP contribution in [0.2, 0.25) is 0 Å². The quantitative estimate of drug-likeness (QED) is 0.328. The molecule has 1 saturated heterocycles. The fraction of sp³-hybridized carbons (Fsp3) is 0.516. The Bertz CT molecular complexity index is 1020. The van der Waals surface area contributed by atoms with E-state index in [1.54, 1.807) is 27.0 Å². The van der Waals surface area contributed by atoms with Gasteiger partial charge in [-0.15, -0.1) is 0 Å². The average Bonchev–Trinajstić information content (AvgIpc) is 2.91. The van der Waals surface area contributed by atoms with Crippen LogP contribution in [0.5, 0.6) is 0 Å². The molecule has 0 spiro atoms. The van der Waals surface area contributed by atoms with Crippen LogP contribution in [0.3, 0.4) is 0 Å². The predicted octanol–water partition coefficient (Wildman–Crippen LogP) is 4.98. The highest BCUT2D eigenvalue weighted by Gasteiger charge is 2.29. The minimum absolute atomic E-state index is 0.118. The van der Waals surface area contributed by atoms with E-state index in [2.05, 4.69) is 43.5 Å². The number of amides is 3. The monoisotopic (exact) mass is 507 g/mol. The van der Waals surface area contributed by atoms with Crippen LogP contribution in [0, 0.1) is 11.8 Å². The maximum atomic E-state index is 13.4. The fourth-order valence-electron chi connectivity index (χ4n) is 4.93. The summed E-state index contributed by atoms with van der Waals surface area (Å²) in [5.41, 5.74) is 4.41. The predicted molar refractivity (Wildman–Crippen MR) is 151 cm³/mol. The van der Waals surface area contributed by atoms with E-state index in [-0.39, 0.29) is 17.7 Å². The van der Waals surface area contributed by atoms with Crippen LogP contribution < -0.4 is 10.6 Å². The molecule has 2 rings (SSSR count). The van der Waals surface area contributed by atoms with Crippen LogP contribution >= 0.6 is 0 Å². The molecule has 37 heavy (non-hydrogen) atoms. The van der Waals surface area contributed by atoms with Crippen molar-refractivity contribution < 1.29 is 14.4 Å². The van der Waals surface area contributed by atoms with Crippen LogP contribution in [0.25, 0.3) is 0 Å². The van der Waals surface area contributed by atoms with Gasteiger partial charge in [0.15, 0.2) is 0 Å². The summed E-state index contributed by atoms with van der Waals surface area (Å²) in [4.78, 5) is 39.5. The van der Waals surface area contributed by atoms with Crippen LogP contribution in [0.15, 0.2) is 64.8 Å². The van der Waals surface area contributed by atoms with Crippen molar-refractivity contribution in [3.8, 4) is 0 Å². The Hall–Kier alpha value is -3.15. The normalized spacial score (nSPS) is 19.2. The first kappa shape index (κ1) is 30.1. The number of benzene rings is 1. The molecule has 0 aliphatic carbocycles. The number of nitrogens with one attached hydrogen (secondary N) is 2. The van der Waals surface area contributed by atoms with Crippen molar-refractivity contribution in [1.82, 2.24) is 15.5 Å². The smallest absolute Gasteiger partial charge is 0.251 e. The summed E-state index contributed by atoms with van der Waals surface area (Å²) in [5, 5.41) is 5.73. The lowest BCUT2D eigenvalue weighted by molar-refractivity contribution is -0.131. The van der Waals surface area contributed by atoms with Gasteiger partial charge in [-0.1, -0.05) is 56.2 Å². The third-order valence-electron chi connectivity index (χ3n) is 7.53. The summed E-state index contributed by atoms with van der Waals surface area (Å²) in [6.45, 7) is 11.8. The number of nitrogens with zero attached hydrogens (tertiary/aromatic N) is 1. The lowest BCUT2D eigenvalue weighted by atomic mass is 9.81. The summed E-state index contributed by atoms with van der Waals surface area (Å²) < 4.78 is 0. The highest BCUT2D eigenvalue weighted by Crippen LogP contribution is 2.28. The molecular formula is C31H45N3O3. The lowest BCUT2D eigenvalue weighted by Gasteiger charge is -2.38. The lowest BCUT2D eigenvalue weighted by Crippen LogP contribution is -2.43. The Balaban J connectivity index is 2.25. The molecule has 202 valence electrons. The topological polar surface area (TPSA) is 78.5 Å². The molecule has 1 aromatic carbocycles. The van der Waals surface area contributed by atoms with Gasteiger partial charge in [-0.2, -0.15) is 0 Å². The van der Waals surface area contributed by atoms with E-state index in [0.717, 1.165) is 44.3 Å². The molecule has 1 fully saturated rings. The van der Waals surface area contributed by atoms with E-state index in [0.29, 0.717) is 35.9 Å². The number of piperidine rings is 1. The number of carbonyl (C=O) groups excluding carboxylic acids is 3. The third kappa shape index (κ3) is 9.34. The second-order valence-corrected chi connectivity index (χ2v) is 10.1. The van der Waals surface area contributed by atoms with Crippen molar-refractivity contribution >= 4 is 17.7 Å². The van der Waals surface area contributed by atoms with Crippen molar-refractivity contribution in [3.05, 3.63) is 70.3 Å². The van der Waals surface area contributed by atoms with E-state index in [9.17, 15) is 14.4 Å². The summed E-state index contributed by atoms with van der Waals surface area (Å²) >= 11 is 0. The zero-order valence-electron chi connectivity index (χ0n) is 23.5. The molecular weight excluding hydrogens is 462 g/mol. The van der Waals surface area contributed by atoms with E-state index < -0.39 is 0 Å². The van der Waals surface area contributed by atoms with Gasteiger partial charge in [0.05, 0.1) is 0 Å². The molecule has 2 unspecified atom stereocenters. The Kier molecular flexibility index (Phi) is 12.3. The molecule has 6 heteroatoms. The minimum atomic E-state index is -0.211. The Morgan fingerprint density at radius 1 is 1.00 bits per heavy atom. The number of rotatable bonds is 11. The molecule has 0 aromatic heterocycles. The molecule has 0 radical (unpaired) electrons. The van der Waals surface area contributed by atoms with Crippen LogP contribution in [0.4, 0.5) is 0 Å². The number of hydrogen-bond acceptors (Lipinski definition) is 3. The number of likely N-dealkylation sites (tertiary alicyclic amines) is 1. The summed E-state index contributed by atoms with van der Waals surface area (Å²) in [7, 11) is 1.59. The molecule has 2 N–H and O–H groups in total. The van der Waals surface area contributed by atoms with Crippen LogP contribution in [0.1, 0.15) is 65.9 Å². The third-order valence-corrected chi connectivity index (χ3v) is 7.53. The molecule has 1 aliphatic heterocycles. The van der Waals surface area contributed by atoms with Gasteiger partial charge in [-0.3, -0.25) is 14.4 Å². The first-order chi connectivity index (χ1) is 17.7. The number of likely N-dealkylation sites (N-methyl/N-ethyl adjacent to an activating group) is 1. The van der Waals surface area contributed by atoms with Crippen molar-refractivity contribution in [1.29, 1.82) is 0 Å². The Morgan fingerprint density at radius 3 is 2.30 bits per heavy atom. The summed E-state index contributed by atoms with van der Waals surface area (Å²) in [5.74, 6) is 0.648. The zero-order chi connectivity index (χ0) is 27.4. The largest absolute Gasteiger partial charge is 0.355 e. The van der Waals surface area contributed by atoms with E-state index in [4.69, 9.17) is 0 Å². The highest BCUT2D eigenvalue weighted by molar-refractivity contribution is 6.00. The Labute approximate surface area is 223 Å². The van der Waals surface area contributed by atoms with Crippen molar-refractivity contribution in [2.24, 2.45) is 11.8 Å². The molecule has 1 aromatic rings. The van der Waals surface area contributed by atoms with Crippen LogP contribution in [-0.4, -0.2) is 49.3 Å². The van der Waals surface area contributed by atoms with Gasteiger partial charge < -0.3 is 15.5 Å². The molecule has 2 atom stereocenters. The van der Waals surface area contributed by atoms with E-state index >= 15 is 0 Å². The van der Waals surface area contributed by atoms with Crippen molar-refractivity contribution in [2.75, 3.05) is 26.7 Å². The average molecular weight is 508 g/mol. The molecule has 0 bridgehead atoms. The zero-order valence-corrected chi connectivity index (χ0v) is 23.5. The molecule has 3 amide bonds. The number of allylic oxidation sites excluding steroid dienone is 3. The van der Waals surface area contributed by atoms with E-state index in [1.807, 2.05) is 29.2 Å². The standard InChI is InChI=1S/C31H45N3O3/c1-7-22(3)28(19-25-12-10-9-11-13-25)20-29(18-23(4)30(36)32-6)31(37)33-16-14-27-21-34(24(5)35)17-15-26(27)8-2/h9-13,18,20,26-27H,7-8,14-17,19,21H2,1-6H3,(H,32,36)(H,33,37)/b23-18+,28-22+,29-20+. The van der Waals surface area contributed by atoms with Gasteiger partial charge in [0.25, 0.3) is 5.91 Å². The van der Waals surface area contributed by atoms with Gasteiger partial charge in [-0.25, -0.2) is 0 Å². The van der Waals surface area contributed by atoms with Crippen molar-refractivity contribution in [2.45, 2.75) is 66.7 Å². The van der Waals surface area contributed by atoms with Gasteiger partial charge in [-0.05, 0) is 74.7 Å². The first-order valence-corrected chi connectivity index (χ1v) is 13.6. The van der Waals surface area contributed by atoms with Gasteiger partial charge >= 0.3 is 0 Å².